The number of hydrogen-bond acceptors (Lipinski definition) is 4. The van der Waals surface area contributed by atoms with E-state index in [1.807, 2.05) is 17.0 Å². The van der Waals surface area contributed by atoms with Crippen molar-refractivity contribution in [2.24, 2.45) is 5.73 Å². The van der Waals surface area contributed by atoms with Crippen LogP contribution in [-0.2, 0) is 11.3 Å². The molecule has 0 aromatic carbocycles. The van der Waals surface area contributed by atoms with Crippen molar-refractivity contribution in [3.63, 3.8) is 0 Å². The van der Waals surface area contributed by atoms with Crippen molar-refractivity contribution in [2.75, 3.05) is 18.8 Å². The average molecular weight is 237 g/mol. The van der Waals surface area contributed by atoms with Crippen molar-refractivity contribution >= 4 is 17.7 Å². The first-order valence-corrected chi connectivity index (χ1v) is 6.33. The number of amides is 1. The van der Waals surface area contributed by atoms with E-state index in [-0.39, 0.29) is 5.91 Å². The molecule has 2 heterocycles. The summed E-state index contributed by atoms with van der Waals surface area (Å²) >= 11 is 1.65. The monoisotopic (exact) mass is 237 g/mol. The average Bonchev–Trinajstić information content (AvgIpc) is 2.33. The Morgan fingerprint density at radius 1 is 1.62 bits per heavy atom. The van der Waals surface area contributed by atoms with Crippen molar-refractivity contribution < 1.29 is 4.79 Å². The van der Waals surface area contributed by atoms with E-state index in [9.17, 15) is 4.79 Å². The zero-order valence-electron chi connectivity index (χ0n) is 9.00. The van der Waals surface area contributed by atoms with E-state index in [1.165, 1.54) is 0 Å². The third kappa shape index (κ3) is 2.74. The van der Waals surface area contributed by atoms with Crippen LogP contribution in [0, 0.1) is 0 Å². The zero-order valence-corrected chi connectivity index (χ0v) is 9.82. The Hall–Kier alpha value is -1.07. The van der Waals surface area contributed by atoms with Crippen LogP contribution in [0.15, 0.2) is 24.5 Å². The van der Waals surface area contributed by atoms with Crippen molar-refractivity contribution in [3.05, 3.63) is 30.1 Å². The van der Waals surface area contributed by atoms with Gasteiger partial charge in [0.1, 0.15) is 0 Å². The van der Waals surface area contributed by atoms with Gasteiger partial charge in [0.25, 0.3) is 0 Å². The summed E-state index contributed by atoms with van der Waals surface area (Å²) in [5, 5.41) is 0.370. The number of pyridine rings is 1. The van der Waals surface area contributed by atoms with E-state index in [2.05, 4.69) is 4.98 Å². The van der Waals surface area contributed by atoms with Crippen LogP contribution in [0.2, 0.25) is 0 Å². The fourth-order valence-electron chi connectivity index (χ4n) is 1.69. The van der Waals surface area contributed by atoms with Gasteiger partial charge in [-0.05, 0) is 11.6 Å². The van der Waals surface area contributed by atoms with Crippen LogP contribution in [0.1, 0.15) is 5.56 Å². The molecular weight excluding hydrogens is 222 g/mol. The van der Waals surface area contributed by atoms with E-state index >= 15 is 0 Å². The van der Waals surface area contributed by atoms with Gasteiger partial charge >= 0.3 is 0 Å². The van der Waals surface area contributed by atoms with Crippen LogP contribution < -0.4 is 5.73 Å². The third-order valence-corrected chi connectivity index (χ3v) is 3.80. The second-order valence-corrected chi connectivity index (χ2v) is 5.09. The molecule has 1 saturated heterocycles. The number of nitrogens with zero attached hydrogens (tertiary/aromatic N) is 2. The van der Waals surface area contributed by atoms with Gasteiger partial charge < -0.3 is 10.6 Å². The summed E-state index contributed by atoms with van der Waals surface area (Å²) in [5.41, 5.74) is 6.70. The van der Waals surface area contributed by atoms with Crippen LogP contribution in [-0.4, -0.2) is 39.9 Å². The summed E-state index contributed by atoms with van der Waals surface area (Å²) in [6.07, 6.45) is 3.53. The molecular formula is C11H15N3OS. The molecule has 1 fully saturated rings. The number of nitrogens with two attached hydrogens (primary N) is 1. The molecule has 5 heteroatoms. The van der Waals surface area contributed by atoms with E-state index in [0.29, 0.717) is 24.1 Å². The number of rotatable bonds is 3. The van der Waals surface area contributed by atoms with Crippen LogP contribution in [0.4, 0.5) is 0 Å². The number of hydrogen-bond donors (Lipinski definition) is 1. The molecule has 1 unspecified atom stereocenters. The lowest BCUT2D eigenvalue weighted by Gasteiger charge is -2.31. The van der Waals surface area contributed by atoms with Gasteiger partial charge in [0.15, 0.2) is 0 Å². The predicted molar refractivity (Wildman–Crippen MR) is 65.0 cm³/mol. The molecule has 0 radical (unpaired) electrons. The van der Waals surface area contributed by atoms with Crippen molar-refractivity contribution in [2.45, 2.75) is 11.8 Å². The normalized spacial score (nSPS) is 21.2. The van der Waals surface area contributed by atoms with Crippen LogP contribution in [0.3, 0.4) is 0 Å². The van der Waals surface area contributed by atoms with Gasteiger partial charge in [-0.3, -0.25) is 9.78 Å². The Morgan fingerprint density at radius 3 is 3.19 bits per heavy atom. The van der Waals surface area contributed by atoms with Gasteiger partial charge in [-0.1, -0.05) is 6.07 Å². The topological polar surface area (TPSA) is 59.2 Å². The maximum atomic E-state index is 11.7. The van der Waals surface area contributed by atoms with E-state index < -0.39 is 0 Å². The molecule has 16 heavy (non-hydrogen) atoms. The number of aromatic nitrogens is 1. The highest BCUT2D eigenvalue weighted by atomic mass is 32.2. The number of carbonyl (C=O) groups excluding carboxylic acids is 1. The summed E-state index contributed by atoms with van der Waals surface area (Å²) in [7, 11) is 0. The summed E-state index contributed by atoms with van der Waals surface area (Å²) in [5.74, 6) is 0.737. The first kappa shape index (κ1) is 11.4. The predicted octanol–water partition coefficient (Wildman–Crippen LogP) is 0.484. The lowest BCUT2D eigenvalue weighted by molar-refractivity contribution is -0.129. The maximum Gasteiger partial charge on any atom is 0.232 e. The molecule has 0 aliphatic carbocycles. The summed E-state index contributed by atoms with van der Waals surface area (Å²) in [4.78, 5) is 17.6. The molecule has 0 spiro atoms. The van der Waals surface area contributed by atoms with Crippen molar-refractivity contribution in [3.8, 4) is 0 Å². The van der Waals surface area contributed by atoms with Crippen molar-refractivity contribution in [1.29, 1.82) is 0 Å². The zero-order chi connectivity index (χ0) is 11.4. The molecule has 1 aliphatic heterocycles. The van der Waals surface area contributed by atoms with Gasteiger partial charge in [-0.15, -0.1) is 11.8 Å². The minimum absolute atomic E-state index is 0.193. The second kappa shape index (κ2) is 5.32. The molecule has 1 aromatic heterocycles. The van der Waals surface area contributed by atoms with E-state index in [0.717, 1.165) is 12.1 Å². The second-order valence-electron chi connectivity index (χ2n) is 3.80. The molecule has 1 aromatic rings. The van der Waals surface area contributed by atoms with Gasteiger partial charge in [0.2, 0.25) is 5.91 Å². The molecule has 4 nitrogen and oxygen atoms in total. The van der Waals surface area contributed by atoms with Crippen LogP contribution in [0.5, 0.6) is 0 Å². The molecule has 0 saturated carbocycles. The Balaban J connectivity index is 2.00. The van der Waals surface area contributed by atoms with Crippen LogP contribution in [0.25, 0.3) is 0 Å². The molecule has 86 valence electrons. The van der Waals surface area contributed by atoms with Gasteiger partial charge in [0, 0.05) is 37.3 Å². The third-order valence-electron chi connectivity index (χ3n) is 2.58. The van der Waals surface area contributed by atoms with E-state index in [4.69, 9.17) is 5.73 Å². The number of carbonyl (C=O) groups is 1. The highest BCUT2D eigenvalue weighted by Crippen LogP contribution is 2.20. The highest BCUT2D eigenvalue weighted by Gasteiger charge is 2.25. The fourth-order valence-corrected chi connectivity index (χ4v) is 2.67. The maximum absolute atomic E-state index is 11.7. The Morgan fingerprint density at radius 2 is 2.50 bits per heavy atom. The largest absolute Gasteiger partial charge is 0.336 e. The summed E-state index contributed by atoms with van der Waals surface area (Å²) < 4.78 is 0. The van der Waals surface area contributed by atoms with Crippen molar-refractivity contribution in [1.82, 2.24) is 9.88 Å². The Kier molecular flexibility index (Phi) is 3.79. The standard InChI is InChI=1S/C11H15N3OS/c12-4-10-7-14(11(15)8-16-10)6-9-2-1-3-13-5-9/h1-3,5,10H,4,6-8,12H2. The molecule has 1 atom stereocenters. The summed E-state index contributed by atoms with van der Waals surface area (Å²) in [6, 6.07) is 3.87. The molecule has 2 N–H and O–H groups in total. The summed E-state index contributed by atoms with van der Waals surface area (Å²) in [6.45, 7) is 2.01. The SMILES string of the molecule is NCC1CN(Cc2cccnc2)C(=O)CS1. The minimum atomic E-state index is 0.193. The minimum Gasteiger partial charge on any atom is -0.336 e. The molecule has 1 aliphatic rings. The first-order valence-electron chi connectivity index (χ1n) is 5.28. The van der Waals surface area contributed by atoms with Gasteiger partial charge in [-0.25, -0.2) is 0 Å². The smallest absolute Gasteiger partial charge is 0.232 e. The lowest BCUT2D eigenvalue weighted by atomic mass is 10.2. The Bertz CT molecular complexity index is 358. The molecule has 0 bridgehead atoms. The van der Waals surface area contributed by atoms with E-state index in [1.54, 1.807) is 24.2 Å². The lowest BCUT2D eigenvalue weighted by Crippen LogP contribution is -2.44. The fraction of sp³-hybridized carbons (Fsp3) is 0.455. The molecule has 2 rings (SSSR count). The highest BCUT2D eigenvalue weighted by molar-refractivity contribution is 8.00. The first-order chi connectivity index (χ1) is 7.79. The number of thioether (sulfide) groups is 1. The quantitative estimate of drug-likeness (QED) is 0.831. The molecule has 1 amide bonds. The van der Waals surface area contributed by atoms with Gasteiger partial charge in [0.05, 0.1) is 5.75 Å². The van der Waals surface area contributed by atoms with Crippen LogP contribution >= 0.6 is 11.8 Å². The van der Waals surface area contributed by atoms with Gasteiger partial charge in [-0.2, -0.15) is 0 Å². The Labute approximate surface area is 99.2 Å².